The molecule has 278 valence electrons. The summed E-state index contributed by atoms with van der Waals surface area (Å²) in [4.78, 5) is -0.370. The molecule has 0 N–H and O–H groups in total. The lowest BCUT2D eigenvalue weighted by Gasteiger charge is -2.35. The molecule has 0 heterocycles. The summed E-state index contributed by atoms with van der Waals surface area (Å²) in [6.45, 7) is 20.5. The first kappa shape index (κ1) is 42.3. The van der Waals surface area contributed by atoms with Gasteiger partial charge in [0, 0.05) is 0 Å². The maximum absolute atomic E-state index is 10.3. The molecule has 0 bridgehead atoms. The number of hydrogen-bond donors (Lipinski definition) is 0. The predicted octanol–water partition coefficient (Wildman–Crippen LogP) is 8.94. The van der Waals surface area contributed by atoms with E-state index in [0.29, 0.717) is 0 Å². The molecule has 5 aromatic carbocycles. The Morgan fingerprint density at radius 3 is 0.750 bits per heavy atom. The molecule has 0 radical (unpaired) electrons. The topological polar surface area (TPSA) is 114 Å². The lowest BCUT2D eigenvalue weighted by molar-refractivity contribution is 0.316. The van der Waals surface area contributed by atoms with Crippen molar-refractivity contribution >= 4 is 31.6 Å². The third-order valence-electron chi connectivity index (χ3n) is 10.1. The minimum absolute atomic E-state index is 0.185. The van der Waals surface area contributed by atoms with Crippen molar-refractivity contribution in [3.05, 3.63) is 133 Å². The average molecular weight is 745 g/mol. The van der Waals surface area contributed by atoms with Gasteiger partial charge >= 0.3 is 0 Å². The third-order valence-corrected chi connectivity index (χ3v) is 11.8. The summed E-state index contributed by atoms with van der Waals surface area (Å²) in [6.07, 6.45) is 0. The first-order chi connectivity index (χ1) is 24.7. The SMILES string of the molecule is CC[N+](CC)(CC)c1ccc(-c2ccc(-c3ccc([N+](CC)(CC)CC)cc3)cc2)cc1.O=S(=O)([O-])c1ccccc1.O=S(=O)([O-])c1ccccc1. The largest absolute Gasteiger partial charge is 0.744 e. The molecule has 0 saturated heterocycles. The summed E-state index contributed by atoms with van der Waals surface area (Å²) < 4.78 is 63.8. The average Bonchev–Trinajstić information content (AvgIpc) is 3.18. The van der Waals surface area contributed by atoms with Gasteiger partial charge in [-0.25, -0.2) is 16.8 Å². The van der Waals surface area contributed by atoms with Crippen LogP contribution in [-0.4, -0.2) is 65.2 Å². The molecule has 0 atom stereocenters. The highest BCUT2D eigenvalue weighted by Crippen LogP contribution is 2.31. The molecule has 10 heteroatoms. The number of quaternary nitrogens is 2. The van der Waals surface area contributed by atoms with E-state index in [1.165, 1.54) is 82.2 Å². The molecule has 0 aliphatic carbocycles. The fourth-order valence-corrected chi connectivity index (χ4v) is 7.39. The Balaban J connectivity index is 0.000000294. The zero-order valence-electron chi connectivity index (χ0n) is 31.1. The van der Waals surface area contributed by atoms with E-state index in [4.69, 9.17) is 0 Å². The highest BCUT2D eigenvalue weighted by Gasteiger charge is 2.25. The molecule has 0 spiro atoms. The van der Waals surface area contributed by atoms with E-state index in [1.807, 2.05) is 0 Å². The lowest BCUT2D eigenvalue weighted by atomic mass is 9.99. The van der Waals surface area contributed by atoms with E-state index in [-0.39, 0.29) is 9.79 Å². The maximum Gasteiger partial charge on any atom is 0.132 e. The van der Waals surface area contributed by atoms with Crippen LogP contribution in [0.4, 0.5) is 11.4 Å². The van der Waals surface area contributed by atoms with Crippen molar-refractivity contribution in [2.24, 2.45) is 0 Å². The van der Waals surface area contributed by atoms with Gasteiger partial charge in [0.25, 0.3) is 0 Å². The van der Waals surface area contributed by atoms with Gasteiger partial charge in [-0.05, 0) is 137 Å². The van der Waals surface area contributed by atoms with Crippen LogP contribution in [0.1, 0.15) is 41.5 Å². The lowest BCUT2D eigenvalue weighted by Crippen LogP contribution is -2.48. The van der Waals surface area contributed by atoms with Crippen LogP contribution in [0.2, 0.25) is 0 Å². The molecular formula is C42H52N2O6S2. The van der Waals surface area contributed by atoms with E-state index in [2.05, 4.69) is 114 Å². The minimum Gasteiger partial charge on any atom is -0.744 e. The van der Waals surface area contributed by atoms with Crippen LogP contribution in [0.15, 0.2) is 143 Å². The van der Waals surface area contributed by atoms with Crippen LogP contribution in [-0.2, 0) is 20.2 Å². The molecule has 0 fully saturated rings. The molecule has 8 nitrogen and oxygen atoms in total. The number of hydrogen-bond acceptors (Lipinski definition) is 6. The van der Waals surface area contributed by atoms with E-state index < -0.39 is 20.2 Å². The second kappa shape index (κ2) is 19.1. The van der Waals surface area contributed by atoms with Crippen molar-refractivity contribution in [3.63, 3.8) is 0 Å². The molecule has 5 aromatic rings. The van der Waals surface area contributed by atoms with Crippen molar-refractivity contribution in [1.82, 2.24) is 8.97 Å². The number of benzene rings is 5. The zero-order chi connectivity index (χ0) is 38.4. The second-order valence-electron chi connectivity index (χ2n) is 12.4. The van der Waals surface area contributed by atoms with Crippen LogP contribution in [0.3, 0.4) is 0 Å². The third kappa shape index (κ3) is 10.9. The van der Waals surface area contributed by atoms with Crippen LogP contribution >= 0.6 is 0 Å². The van der Waals surface area contributed by atoms with Gasteiger partial charge in [0.1, 0.15) is 31.6 Å². The fraction of sp³-hybridized carbons (Fsp3) is 0.286. The second-order valence-corrected chi connectivity index (χ2v) is 15.2. The standard InChI is InChI=1S/C30H42N2.2C6H6O3S/c1-7-31(8-2,9-3)29-21-17-27(18-22-29)25-13-15-26(16-14-25)28-19-23-30(24-20-28)32(10-4,11-5)12-6;2*7-10(8,9)6-4-2-1-3-5-6/h13-24H,7-12H2,1-6H3;2*1-5H,(H,7,8,9)/q+2;;/p-2. The van der Waals surface area contributed by atoms with Crippen molar-refractivity contribution in [2.45, 2.75) is 51.3 Å². The van der Waals surface area contributed by atoms with Crippen molar-refractivity contribution in [3.8, 4) is 22.3 Å². The Morgan fingerprint density at radius 1 is 0.365 bits per heavy atom. The Morgan fingerprint density at radius 2 is 0.577 bits per heavy atom. The Hall–Kier alpha value is -4.16. The maximum atomic E-state index is 10.3. The molecule has 52 heavy (non-hydrogen) atoms. The molecule has 0 aliphatic heterocycles. The quantitative estimate of drug-likeness (QED) is 0.0931. The fourth-order valence-electron chi connectivity index (χ4n) is 6.41. The Kier molecular flexibility index (Phi) is 15.5. The van der Waals surface area contributed by atoms with Gasteiger partial charge in [0.05, 0.1) is 49.1 Å². The van der Waals surface area contributed by atoms with Gasteiger partial charge < -0.3 is 9.11 Å². The number of rotatable bonds is 12. The van der Waals surface area contributed by atoms with Crippen molar-refractivity contribution in [2.75, 3.05) is 39.3 Å². The van der Waals surface area contributed by atoms with Gasteiger partial charge in [-0.15, -0.1) is 0 Å². The van der Waals surface area contributed by atoms with Crippen LogP contribution < -0.4 is 8.97 Å². The van der Waals surface area contributed by atoms with Crippen molar-refractivity contribution < 1.29 is 25.9 Å². The highest BCUT2D eigenvalue weighted by molar-refractivity contribution is 7.86. The van der Waals surface area contributed by atoms with Gasteiger partial charge in [-0.1, -0.05) is 60.7 Å². The van der Waals surface area contributed by atoms with Crippen LogP contribution in [0.25, 0.3) is 22.3 Å². The normalized spacial score (nSPS) is 11.8. The predicted molar refractivity (Wildman–Crippen MR) is 213 cm³/mol. The molecule has 0 aliphatic rings. The van der Waals surface area contributed by atoms with E-state index in [0.717, 1.165) is 48.2 Å². The smallest absolute Gasteiger partial charge is 0.132 e. The summed E-state index contributed by atoms with van der Waals surface area (Å²) >= 11 is 0. The van der Waals surface area contributed by atoms with E-state index in [9.17, 15) is 25.9 Å². The minimum atomic E-state index is -4.25. The van der Waals surface area contributed by atoms with Gasteiger partial charge in [0.2, 0.25) is 0 Å². The summed E-state index contributed by atoms with van der Waals surface area (Å²) in [5, 5.41) is 0. The summed E-state index contributed by atoms with van der Waals surface area (Å²) in [5.74, 6) is 0. The number of nitrogens with zero attached hydrogens (tertiary/aromatic N) is 2. The van der Waals surface area contributed by atoms with Gasteiger partial charge in [0.15, 0.2) is 0 Å². The van der Waals surface area contributed by atoms with Gasteiger partial charge in [-0.3, -0.25) is 8.97 Å². The summed E-state index contributed by atoms with van der Waals surface area (Å²) in [7, 11) is -8.51. The molecule has 0 unspecified atom stereocenters. The molecular weight excluding hydrogens is 693 g/mol. The summed E-state index contributed by atoms with van der Waals surface area (Å²) in [6, 6.07) is 41.8. The van der Waals surface area contributed by atoms with E-state index in [1.54, 1.807) is 12.1 Å². The monoisotopic (exact) mass is 744 g/mol. The molecule has 0 saturated carbocycles. The first-order valence-electron chi connectivity index (χ1n) is 17.8. The summed E-state index contributed by atoms with van der Waals surface area (Å²) in [5.41, 5.74) is 7.95. The van der Waals surface area contributed by atoms with E-state index >= 15 is 0 Å². The first-order valence-corrected chi connectivity index (χ1v) is 20.6. The zero-order valence-corrected chi connectivity index (χ0v) is 32.7. The van der Waals surface area contributed by atoms with Crippen LogP contribution in [0, 0.1) is 0 Å². The van der Waals surface area contributed by atoms with Crippen LogP contribution in [0.5, 0.6) is 0 Å². The Bertz CT molecular complexity index is 1840. The Labute approximate surface area is 311 Å². The van der Waals surface area contributed by atoms with Gasteiger partial charge in [-0.2, -0.15) is 0 Å². The molecule has 5 rings (SSSR count). The highest BCUT2D eigenvalue weighted by atomic mass is 32.2. The van der Waals surface area contributed by atoms with Crippen molar-refractivity contribution in [1.29, 1.82) is 0 Å². The molecule has 0 amide bonds. The molecule has 0 aromatic heterocycles.